The van der Waals surface area contributed by atoms with E-state index in [4.69, 9.17) is 16.3 Å². The Labute approximate surface area is 153 Å². The zero-order valence-electron chi connectivity index (χ0n) is 15.2. The maximum atomic E-state index is 14.0. The number of hydrogen-bond acceptors (Lipinski definition) is 3. The van der Waals surface area contributed by atoms with Gasteiger partial charge in [0.1, 0.15) is 22.3 Å². The van der Waals surface area contributed by atoms with Crippen molar-refractivity contribution >= 4 is 17.6 Å². The molecule has 0 aliphatic carbocycles. The predicted octanol–water partition coefficient (Wildman–Crippen LogP) is 5.45. The number of ether oxygens (including phenoxy) is 1. The van der Waals surface area contributed by atoms with Gasteiger partial charge in [0, 0.05) is 5.56 Å². The molecule has 2 rings (SSSR count). The number of rotatable bonds is 4. The Morgan fingerprint density at radius 3 is 2.48 bits per heavy atom. The summed E-state index contributed by atoms with van der Waals surface area (Å²) in [4.78, 5) is 16.5. The van der Waals surface area contributed by atoms with E-state index in [0.29, 0.717) is 12.0 Å². The van der Waals surface area contributed by atoms with Gasteiger partial charge in [0.05, 0.1) is 5.41 Å². The summed E-state index contributed by atoms with van der Waals surface area (Å²) in [5.74, 6) is -0.703. The van der Waals surface area contributed by atoms with E-state index >= 15 is 0 Å². The minimum atomic E-state index is -0.702. The number of carbonyl (C=O) groups excluding carboxylic acids is 1. The van der Waals surface area contributed by atoms with E-state index in [0.717, 1.165) is 5.56 Å². The maximum Gasteiger partial charge on any atom is 0.312 e. The molecule has 0 fully saturated rings. The third-order valence-electron chi connectivity index (χ3n) is 3.61. The van der Waals surface area contributed by atoms with Crippen molar-refractivity contribution in [3.63, 3.8) is 0 Å². The molecule has 0 spiro atoms. The van der Waals surface area contributed by atoms with Crippen molar-refractivity contribution in [2.45, 2.75) is 46.6 Å². The number of carbonyl (C=O) groups is 1. The van der Waals surface area contributed by atoms with Gasteiger partial charge in [0.15, 0.2) is 0 Å². The fourth-order valence-corrected chi connectivity index (χ4v) is 2.60. The van der Waals surface area contributed by atoms with Crippen LogP contribution in [0.5, 0.6) is 0 Å². The lowest BCUT2D eigenvalue weighted by atomic mass is 9.85. The Morgan fingerprint density at radius 1 is 1.16 bits per heavy atom. The number of pyridine rings is 1. The number of aromatic nitrogens is 1. The molecule has 0 atom stereocenters. The molecule has 0 N–H and O–H groups in total. The fourth-order valence-electron chi connectivity index (χ4n) is 2.45. The van der Waals surface area contributed by atoms with Gasteiger partial charge in [-0.05, 0) is 64.8 Å². The minimum Gasteiger partial charge on any atom is -0.460 e. The van der Waals surface area contributed by atoms with Crippen LogP contribution < -0.4 is 0 Å². The van der Waals surface area contributed by atoms with Gasteiger partial charge in [0.25, 0.3) is 0 Å². The molecule has 3 nitrogen and oxygen atoms in total. The SMILES string of the molecule is CC(C)(C)OC(=O)C(C)(C)Cc1cccc(-c2nc(Cl)ccc2F)c1. The summed E-state index contributed by atoms with van der Waals surface area (Å²) < 4.78 is 19.5. The van der Waals surface area contributed by atoms with Crippen molar-refractivity contribution in [1.29, 1.82) is 0 Å². The quantitative estimate of drug-likeness (QED) is 0.535. The average Bonchev–Trinajstić information content (AvgIpc) is 2.48. The summed E-state index contributed by atoms with van der Waals surface area (Å²) in [5.41, 5.74) is 0.479. The van der Waals surface area contributed by atoms with Crippen LogP contribution in [0.25, 0.3) is 11.3 Å². The average molecular weight is 364 g/mol. The summed E-state index contributed by atoms with van der Waals surface area (Å²) in [6.07, 6.45) is 0.470. The second-order valence-corrected chi connectivity index (χ2v) is 8.11. The van der Waals surface area contributed by atoms with Crippen molar-refractivity contribution in [3.8, 4) is 11.3 Å². The van der Waals surface area contributed by atoms with Gasteiger partial charge < -0.3 is 4.74 Å². The molecule has 2 aromatic rings. The van der Waals surface area contributed by atoms with E-state index in [1.807, 2.05) is 52.8 Å². The molecule has 134 valence electrons. The second-order valence-electron chi connectivity index (χ2n) is 7.73. The van der Waals surface area contributed by atoms with Gasteiger partial charge >= 0.3 is 5.97 Å². The topological polar surface area (TPSA) is 39.2 Å². The lowest BCUT2D eigenvalue weighted by molar-refractivity contribution is -0.165. The number of nitrogens with zero attached hydrogens (tertiary/aromatic N) is 1. The normalized spacial score (nSPS) is 12.1. The molecule has 0 amide bonds. The van der Waals surface area contributed by atoms with E-state index in [-0.39, 0.29) is 16.8 Å². The first-order chi connectivity index (χ1) is 11.5. The van der Waals surface area contributed by atoms with Crippen molar-refractivity contribution in [2.75, 3.05) is 0 Å². The van der Waals surface area contributed by atoms with Crippen LogP contribution >= 0.6 is 11.6 Å². The van der Waals surface area contributed by atoms with Crippen LogP contribution in [-0.2, 0) is 16.0 Å². The summed E-state index contributed by atoms with van der Waals surface area (Å²) >= 11 is 5.88. The highest BCUT2D eigenvalue weighted by atomic mass is 35.5. The van der Waals surface area contributed by atoms with Gasteiger partial charge in [-0.3, -0.25) is 4.79 Å². The molecule has 5 heteroatoms. The minimum absolute atomic E-state index is 0.199. The Balaban J connectivity index is 2.27. The molecule has 0 radical (unpaired) electrons. The highest BCUT2D eigenvalue weighted by molar-refractivity contribution is 6.29. The fraction of sp³-hybridized carbons (Fsp3) is 0.400. The zero-order chi connectivity index (χ0) is 18.8. The van der Waals surface area contributed by atoms with E-state index in [1.54, 1.807) is 6.07 Å². The molecule has 0 unspecified atom stereocenters. The van der Waals surface area contributed by atoms with E-state index in [1.165, 1.54) is 12.1 Å². The summed E-state index contributed by atoms with van der Waals surface area (Å²) in [6.45, 7) is 9.21. The Kier molecular flexibility index (Phi) is 5.52. The van der Waals surface area contributed by atoms with Gasteiger partial charge in [0.2, 0.25) is 0 Å². The van der Waals surface area contributed by atoms with Crippen LogP contribution in [0.3, 0.4) is 0 Å². The summed E-state index contributed by atoms with van der Waals surface area (Å²) in [5, 5.41) is 0.232. The molecule has 0 saturated carbocycles. The zero-order valence-corrected chi connectivity index (χ0v) is 15.9. The van der Waals surface area contributed by atoms with Crippen LogP contribution in [0.15, 0.2) is 36.4 Å². The highest BCUT2D eigenvalue weighted by Crippen LogP contribution is 2.29. The van der Waals surface area contributed by atoms with Crippen LogP contribution in [0, 0.1) is 11.2 Å². The van der Waals surface area contributed by atoms with Crippen molar-refractivity contribution in [1.82, 2.24) is 4.98 Å². The van der Waals surface area contributed by atoms with Crippen LogP contribution in [0.2, 0.25) is 5.15 Å². The maximum absolute atomic E-state index is 14.0. The van der Waals surface area contributed by atoms with E-state index in [2.05, 4.69) is 4.98 Å². The molecule has 0 saturated heterocycles. The molecule has 0 bridgehead atoms. The molecule has 0 aliphatic rings. The molecule has 25 heavy (non-hydrogen) atoms. The van der Waals surface area contributed by atoms with Gasteiger partial charge in [-0.25, -0.2) is 9.37 Å². The Hall–Kier alpha value is -1.94. The lowest BCUT2D eigenvalue weighted by Gasteiger charge is -2.28. The van der Waals surface area contributed by atoms with E-state index in [9.17, 15) is 9.18 Å². The molecule has 1 aromatic carbocycles. The Morgan fingerprint density at radius 2 is 1.84 bits per heavy atom. The lowest BCUT2D eigenvalue weighted by Crippen LogP contribution is -2.35. The first-order valence-corrected chi connectivity index (χ1v) is 8.50. The standard InChI is InChI=1S/C20H23ClFNO2/c1-19(2,3)25-18(24)20(4,5)12-13-7-6-8-14(11-13)17-15(22)9-10-16(21)23-17/h6-11H,12H2,1-5H3. The van der Waals surface area contributed by atoms with E-state index < -0.39 is 16.8 Å². The largest absolute Gasteiger partial charge is 0.460 e. The third-order valence-corrected chi connectivity index (χ3v) is 3.82. The van der Waals surface area contributed by atoms with Crippen LogP contribution in [-0.4, -0.2) is 16.6 Å². The summed E-state index contributed by atoms with van der Waals surface area (Å²) in [7, 11) is 0. The predicted molar refractivity (Wildman–Crippen MR) is 98.0 cm³/mol. The van der Waals surface area contributed by atoms with Crippen molar-refractivity contribution in [3.05, 3.63) is 52.9 Å². The van der Waals surface area contributed by atoms with Gasteiger partial charge in [-0.1, -0.05) is 29.8 Å². The molecular weight excluding hydrogens is 341 g/mol. The highest BCUT2D eigenvalue weighted by Gasteiger charge is 2.32. The molecular formula is C20H23ClFNO2. The molecule has 1 aromatic heterocycles. The second kappa shape index (κ2) is 7.12. The van der Waals surface area contributed by atoms with Crippen LogP contribution in [0.4, 0.5) is 4.39 Å². The number of esters is 1. The number of halogens is 2. The van der Waals surface area contributed by atoms with Crippen LogP contribution in [0.1, 0.15) is 40.2 Å². The first kappa shape index (κ1) is 19.4. The van der Waals surface area contributed by atoms with Gasteiger partial charge in [-0.2, -0.15) is 0 Å². The van der Waals surface area contributed by atoms with Crippen molar-refractivity contribution in [2.24, 2.45) is 5.41 Å². The molecule has 1 heterocycles. The molecule has 0 aliphatic heterocycles. The monoisotopic (exact) mass is 363 g/mol. The number of benzene rings is 1. The summed E-state index contributed by atoms with van der Waals surface area (Å²) in [6, 6.07) is 10.0. The van der Waals surface area contributed by atoms with Gasteiger partial charge in [-0.15, -0.1) is 0 Å². The smallest absolute Gasteiger partial charge is 0.312 e. The first-order valence-electron chi connectivity index (χ1n) is 8.13. The van der Waals surface area contributed by atoms with Crippen molar-refractivity contribution < 1.29 is 13.9 Å². The number of hydrogen-bond donors (Lipinski definition) is 0. The third kappa shape index (κ3) is 5.27. The Bertz CT molecular complexity index is 782.